The van der Waals surface area contributed by atoms with Crippen LogP contribution in [0.2, 0.25) is 0 Å². The van der Waals surface area contributed by atoms with Gasteiger partial charge in [0.1, 0.15) is 5.75 Å². The minimum Gasteiger partial charge on any atom is -0.481 e. The zero-order valence-electron chi connectivity index (χ0n) is 14.9. The summed E-state index contributed by atoms with van der Waals surface area (Å²) >= 11 is 0. The van der Waals surface area contributed by atoms with Crippen LogP contribution in [-0.2, 0) is 11.3 Å². The first kappa shape index (κ1) is 17.4. The molecule has 132 valence electrons. The number of hydrogen-bond donors (Lipinski definition) is 0. The van der Waals surface area contributed by atoms with E-state index in [1.165, 1.54) is 5.56 Å². The Bertz CT molecular complexity index is 680. The summed E-state index contributed by atoms with van der Waals surface area (Å²) in [6, 6.07) is 13.8. The van der Waals surface area contributed by atoms with E-state index in [1.807, 2.05) is 67.4 Å². The maximum Gasteiger partial charge on any atom is 0.263 e. The molecular formula is C20H25N3O2. The molecule has 0 radical (unpaired) electrons. The second-order valence-electron chi connectivity index (χ2n) is 6.50. The molecule has 0 N–H and O–H groups in total. The van der Waals surface area contributed by atoms with Gasteiger partial charge >= 0.3 is 0 Å². The predicted molar refractivity (Wildman–Crippen MR) is 97.4 cm³/mol. The third-order valence-corrected chi connectivity index (χ3v) is 4.48. The zero-order valence-corrected chi connectivity index (χ0v) is 14.9. The molecule has 2 aromatic rings. The highest BCUT2D eigenvalue weighted by Crippen LogP contribution is 2.15. The molecule has 3 rings (SSSR count). The Kier molecular flexibility index (Phi) is 5.66. The van der Waals surface area contributed by atoms with Crippen molar-refractivity contribution in [2.45, 2.75) is 26.5 Å². The molecule has 0 spiro atoms. The second-order valence-corrected chi connectivity index (χ2v) is 6.50. The average molecular weight is 339 g/mol. The van der Waals surface area contributed by atoms with Crippen molar-refractivity contribution in [1.82, 2.24) is 14.8 Å². The topological polar surface area (TPSA) is 45.7 Å². The highest BCUT2D eigenvalue weighted by molar-refractivity contribution is 5.81. The van der Waals surface area contributed by atoms with Gasteiger partial charge in [-0.1, -0.05) is 23.8 Å². The maximum atomic E-state index is 12.6. The molecule has 5 nitrogen and oxygen atoms in total. The average Bonchev–Trinajstić information content (AvgIpc) is 2.64. The summed E-state index contributed by atoms with van der Waals surface area (Å²) in [4.78, 5) is 21.2. The molecule has 1 unspecified atom stereocenters. The van der Waals surface area contributed by atoms with E-state index in [2.05, 4.69) is 9.88 Å². The molecule has 25 heavy (non-hydrogen) atoms. The molecule has 1 aromatic heterocycles. The summed E-state index contributed by atoms with van der Waals surface area (Å²) in [5.74, 6) is 0.790. The minimum atomic E-state index is -0.468. The van der Waals surface area contributed by atoms with Gasteiger partial charge in [0.2, 0.25) is 0 Å². The van der Waals surface area contributed by atoms with Gasteiger partial charge in [-0.15, -0.1) is 0 Å². The fourth-order valence-corrected chi connectivity index (χ4v) is 2.98. The van der Waals surface area contributed by atoms with Gasteiger partial charge in [0.25, 0.3) is 5.91 Å². The number of pyridine rings is 1. The van der Waals surface area contributed by atoms with E-state index in [-0.39, 0.29) is 5.91 Å². The molecule has 1 fully saturated rings. The number of hydrogen-bond acceptors (Lipinski definition) is 4. The monoisotopic (exact) mass is 339 g/mol. The SMILES string of the molecule is Cc1ccc(OC(C)C(=O)N2CCN(Cc3ccccn3)CC2)cc1. The Hall–Kier alpha value is -2.40. The van der Waals surface area contributed by atoms with Crippen molar-refractivity contribution in [2.24, 2.45) is 0 Å². The van der Waals surface area contributed by atoms with Gasteiger partial charge in [0.05, 0.1) is 5.69 Å². The number of benzene rings is 1. The fraction of sp³-hybridized carbons (Fsp3) is 0.400. The summed E-state index contributed by atoms with van der Waals surface area (Å²) in [5.41, 5.74) is 2.24. The molecule has 1 amide bonds. The van der Waals surface area contributed by atoms with Crippen LogP contribution in [0.3, 0.4) is 0 Å². The van der Waals surface area contributed by atoms with E-state index in [0.717, 1.165) is 44.2 Å². The third kappa shape index (κ3) is 4.79. The first-order valence-electron chi connectivity index (χ1n) is 8.76. The number of ether oxygens (including phenoxy) is 1. The molecule has 1 saturated heterocycles. The first-order chi connectivity index (χ1) is 12.1. The number of piperazine rings is 1. The standard InChI is InChI=1S/C20H25N3O2/c1-16-6-8-19(9-7-16)25-17(2)20(24)23-13-11-22(12-14-23)15-18-5-3-4-10-21-18/h3-10,17H,11-15H2,1-2H3. The Morgan fingerprint density at radius 2 is 1.84 bits per heavy atom. The molecule has 5 heteroatoms. The maximum absolute atomic E-state index is 12.6. The quantitative estimate of drug-likeness (QED) is 0.840. The zero-order chi connectivity index (χ0) is 17.6. The van der Waals surface area contributed by atoms with Crippen molar-refractivity contribution in [2.75, 3.05) is 26.2 Å². The third-order valence-electron chi connectivity index (χ3n) is 4.48. The Morgan fingerprint density at radius 1 is 1.12 bits per heavy atom. The lowest BCUT2D eigenvalue weighted by Gasteiger charge is -2.35. The van der Waals surface area contributed by atoms with Crippen molar-refractivity contribution in [1.29, 1.82) is 0 Å². The van der Waals surface area contributed by atoms with Crippen LogP contribution in [-0.4, -0.2) is 53.0 Å². The Balaban J connectivity index is 1.48. The van der Waals surface area contributed by atoms with E-state index < -0.39 is 6.10 Å². The number of nitrogens with zero attached hydrogens (tertiary/aromatic N) is 3. The Labute approximate surface area is 149 Å². The number of rotatable bonds is 5. The predicted octanol–water partition coefficient (Wildman–Crippen LogP) is 2.50. The Morgan fingerprint density at radius 3 is 2.48 bits per heavy atom. The summed E-state index contributed by atoms with van der Waals surface area (Å²) in [6.07, 6.45) is 1.35. The molecule has 0 saturated carbocycles. The minimum absolute atomic E-state index is 0.0538. The smallest absolute Gasteiger partial charge is 0.263 e. The molecule has 0 bridgehead atoms. The van der Waals surface area contributed by atoms with Crippen LogP contribution in [0, 0.1) is 6.92 Å². The van der Waals surface area contributed by atoms with E-state index in [1.54, 1.807) is 0 Å². The van der Waals surface area contributed by atoms with E-state index in [0.29, 0.717) is 0 Å². The summed E-state index contributed by atoms with van der Waals surface area (Å²) in [7, 11) is 0. The molecule has 1 atom stereocenters. The molecule has 1 aliphatic heterocycles. The van der Waals surface area contributed by atoms with E-state index in [9.17, 15) is 4.79 Å². The van der Waals surface area contributed by atoms with Gasteiger partial charge in [0, 0.05) is 38.9 Å². The largest absolute Gasteiger partial charge is 0.481 e. The molecular weight excluding hydrogens is 314 g/mol. The van der Waals surface area contributed by atoms with Crippen LogP contribution in [0.25, 0.3) is 0 Å². The van der Waals surface area contributed by atoms with Crippen molar-refractivity contribution in [3.8, 4) is 5.75 Å². The van der Waals surface area contributed by atoms with Crippen molar-refractivity contribution in [3.05, 3.63) is 59.9 Å². The van der Waals surface area contributed by atoms with Crippen LogP contribution in [0.4, 0.5) is 0 Å². The summed E-state index contributed by atoms with van der Waals surface area (Å²) in [5, 5.41) is 0. The lowest BCUT2D eigenvalue weighted by Crippen LogP contribution is -2.51. The van der Waals surface area contributed by atoms with Gasteiger partial charge in [-0.2, -0.15) is 0 Å². The first-order valence-corrected chi connectivity index (χ1v) is 8.76. The van der Waals surface area contributed by atoms with Gasteiger partial charge in [0.15, 0.2) is 6.10 Å². The van der Waals surface area contributed by atoms with E-state index >= 15 is 0 Å². The highest BCUT2D eigenvalue weighted by atomic mass is 16.5. The van der Waals surface area contributed by atoms with Crippen molar-refractivity contribution < 1.29 is 9.53 Å². The van der Waals surface area contributed by atoms with Gasteiger partial charge in [-0.05, 0) is 38.1 Å². The number of carbonyl (C=O) groups excluding carboxylic acids is 1. The second kappa shape index (κ2) is 8.12. The molecule has 1 aromatic carbocycles. The van der Waals surface area contributed by atoms with Crippen LogP contribution in [0.15, 0.2) is 48.7 Å². The molecule has 2 heterocycles. The molecule has 1 aliphatic rings. The number of aryl methyl sites for hydroxylation is 1. The lowest BCUT2D eigenvalue weighted by atomic mass is 10.2. The van der Waals surface area contributed by atoms with Gasteiger partial charge < -0.3 is 9.64 Å². The van der Waals surface area contributed by atoms with Crippen LogP contribution >= 0.6 is 0 Å². The number of carbonyl (C=O) groups is 1. The highest BCUT2D eigenvalue weighted by Gasteiger charge is 2.26. The number of aromatic nitrogens is 1. The molecule has 0 aliphatic carbocycles. The van der Waals surface area contributed by atoms with Crippen molar-refractivity contribution in [3.63, 3.8) is 0 Å². The van der Waals surface area contributed by atoms with Gasteiger partial charge in [-0.3, -0.25) is 14.7 Å². The van der Waals surface area contributed by atoms with Crippen LogP contribution < -0.4 is 4.74 Å². The summed E-state index contributed by atoms with van der Waals surface area (Å²) < 4.78 is 5.79. The van der Waals surface area contributed by atoms with Crippen LogP contribution in [0.1, 0.15) is 18.2 Å². The van der Waals surface area contributed by atoms with E-state index in [4.69, 9.17) is 4.74 Å². The van der Waals surface area contributed by atoms with Gasteiger partial charge in [-0.25, -0.2) is 0 Å². The normalized spacial score (nSPS) is 16.5. The lowest BCUT2D eigenvalue weighted by molar-refractivity contribution is -0.139. The summed E-state index contributed by atoms with van der Waals surface area (Å²) in [6.45, 7) is 7.86. The fourth-order valence-electron chi connectivity index (χ4n) is 2.98. The number of amides is 1. The van der Waals surface area contributed by atoms with Crippen LogP contribution in [0.5, 0.6) is 5.75 Å². The van der Waals surface area contributed by atoms with Crippen molar-refractivity contribution >= 4 is 5.91 Å².